The lowest BCUT2D eigenvalue weighted by atomic mass is 10.1. The summed E-state index contributed by atoms with van der Waals surface area (Å²) < 4.78 is 5.78. The Balaban J connectivity index is 1.71. The molecule has 3 nitrogen and oxygen atoms in total. The van der Waals surface area contributed by atoms with Gasteiger partial charge in [-0.3, -0.25) is 0 Å². The predicted molar refractivity (Wildman–Crippen MR) is 94.8 cm³/mol. The zero-order valence-corrected chi connectivity index (χ0v) is 13.5. The highest BCUT2D eigenvalue weighted by molar-refractivity contribution is 5.48. The fourth-order valence-corrected chi connectivity index (χ4v) is 2.08. The van der Waals surface area contributed by atoms with Crippen molar-refractivity contribution in [3.63, 3.8) is 0 Å². The van der Waals surface area contributed by atoms with Crippen LogP contribution in [0.5, 0.6) is 5.75 Å². The molecule has 0 saturated heterocycles. The van der Waals surface area contributed by atoms with Crippen molar-refractivity contribution in [2.45, 2.75) is 20.3 Å². The molecule has 0 aliphatic carbocycles. The lowest BCUT2D eigenvalue weighted by Crippen LogP contribution is -2.13. The standard InChI is InChI=1S/C19H26N2O/c1-16(2)11-14-22-19-10-6-9-18(15-19)21-13-12-20-17-7-4-3-5-8-17/h3-10,15-16,20-21H,11-14H2,1-2H3. The molecule has 118 valence electrons. The van der Waals surface area contributed by atoms with E-state index in [2.05, 4.69) is 48.7 Å². The molecule has 2 aromatic carbocycles. The van der Waals surface area contributed by atoms with E-state index in [0.717, 1.165) is 43.2 Å². The zero-order chi connectivity index (χ0) is 15.6. The molecule has 0 bridgehead atoms. The molecule has 0 spiro atoms. The molecular weight excluding hydrogens is 272 g/mol. The Morgan fingerprint density at radius 3 is 2.27 bits per heavy atom. The second-order valence-corrected chi connectivity index (χ2v) is 5.78. The Labute approximate surface area is 133 Å². The molecule has 0 unspecified atom stereocenters. The summed E-state index contributed by atoms with van der Waals surface area (Å²) in [4.78, 5) is 0. The molecule has 2 rings (SSSR count). The van der Waals surface area contributed by atoms with Gasteiger partial charge in [-0.05, 0) is 36.6 Å². The van der Waals surface area contributed by atoms with E-state index >= 15 is 0 Å². The monoisotopic (exact) mass is 298 g/mol. The van der Waals surface area contributed by atoms with Gasteiger partial charge >= 0.3 is 0 Å². The predicted octanol–water partition coefficient (Wildman–Crippen LogP) is 4.64. The van der Waals surface area contributed by atoms with E-state index in [0.29, 0.717) is 5.92 Å². The summed E-state index contributed by atoms with van der Waals surface area (Å²) >= 11 is 0. The summed E-state index contributed by atoms with van der Waals surface area (Å²) in [7, 11) is 0. The summed E-state index contributed by atoms with van der Waals surface area (Å²) in [6.07, 6.45) is 1.08. The normalized spacial score (nSPS) is 10.5. The number of ether oxygens (including phenoxy) is 1. The molecule has 0 aliphatic heterocycles. The maximum Gasteiger partial charge on any atom is 0.121 e. The van der Waals surface area contributed by atoms with Crippen molar-refractivity contribution in [3.8, 4) is 5.75 Å². The molecule has 0 aromatic heterocycles. The van der Waals surface area contributed by atoms with Crippen LogP contribution in [-0.2, 0) is 0 Å². The Morgan fingerprint density at radius 1 is 0.864 bits per heavy atom. The van der Waals surface area contributed by atoms with Gasteiger partial charge in [-0.25, -0.2) is 0 Å². The van der Waals surface area contributed by atoms with Crippen LogP contribution in [0.4, 0.5) is 11.4 Å². The molecule has 2 N–H and O–H groups in total. The van der Waals surface area contributed by atoms with E-state index < -0.39 is 0 Å². The van der Waals surface area contributed by atoms with Crippen molar-refractivity contribution in [2.75, 3.05) is 30.3 Å². The SMILES string of the molecule is CC(C)CCOc1cccc(NCCNc2ccccc2)c1. The van der Waals surface area contributed by atoms with Crippen LogP contribution in [0.2, 0.25) is 0 Å². The van der Waals surface area contributed by atoms with Crippen LogP contribution < -0.4 is 15.4 Å². The van der Waals surface area contributed by atoms with Gasteiger partial charge in [0.05, 0.1) is 6.61 Å². The first-order chi connectivity index (χ1) is 10.7. The summed E-state index contributed by atoms with van der Waals surface area (Å²) in [6.45, 7) is 6.94. The second-order valence-electron chi connectivity index (χ2n) is 5.78. The number of hydrogen-bond donors (Lipinski definition) is 2. The first-order valence-electron chi connectivity index (χ1n) is 7.99. The Hall–Kier alpha value is -2.16. The fourth-order valence-electron chi connectivity index (χ4n) is 2.08. The maximum absolute atomic E-state index is 5.78. The minimum absolute atomic E-state index is 0.672. The summed E-state index contributed by atoms with van der Waals surface area (Å²) in [6, 6.07) is 18.4. The molecule has 0 aliphatic rings. The van der Waals surface area contributed by atoms with Gasteiger partial charge in [0.15, 0.2) is 0 Å². The molecule has 0 fully saturated rings. The second kappa shape index (κ2) is 8.98. The summed E-state index contributed by atoms with van der Waals surface area (Å²) in [5.74, 6) is 1.60. The maximum atomic E-state index is 5.78. The molecule has 0 heterocycles. The topological polar surface area (TPSA) is 33.3 Å². The third-order valence-corrected chi connectivity index (χ3v) is 3.36. The van der Waals surface area contributed by atoms with Crippen molar-refractivity contribution in [3.05, 3.63) is 54.6 Å². The Bertz CT molecular complexity index is 540. The van der Waals surface area contributed by atoms with Gasteiger partial charge in [-0.2, -0.15) is 0 Å². The average molecular weight is 298 g/mol. The van der Waals surface area contributed by atoms with Gasteiger partial charge in [0.25, 0.3) is 0 Å². The van der Waals surface area contributed by atoms with Gasteiger partial charge in [0.2, 0.25) is 0 Å². The average Bonchev–Trinajstić information content (AvgIpc) is 2.53. The van der Waals surface area contributed by atoms with Crippen molar-refractivity contribution >= 4 is 11.4 Å². The van der Waals surface area contributed by atoms with Gasteiger partial charge in [0, 0.05) is 30.5 Å². The highest BCUT2D eigenvalue weighted by Gasteiger charge is 1.98. The van der Waals surface area contributed by atoms with Gasteiger partial charge in [-0.1, -0.05) is 38.1 Å². The van der Waals surface area contributed by atoms with Crippen LogP contribution in [0.1, 0.15) is 20.3 Å². The fraction of sp³-hybridized carbons (Fsp3) is 0.368. The van der Waals surface area contributed by atoms with E-state index in [-0.39, 0.29) is 0 Å². The van der Waals surface area contributed by atoms with Crippen molar-refractivity contribution in [2.24, 2.45) is 5.92 Å². The van der Waals surface area contributed by atoms with E-state index in [1.807, 2.05) is 30.3 Å². The van der Waals surface area contributed by atoms with Gasteiger partial charge in [0.1, 0.15) is 5.75 Å². The smallest absolute Gasteiger partial charge is 0.121 e. The van der Waals surface area contributed by atoms with E-state index in [1.54, 1.807) is 0 Å². The highest BCUT2D eigenvalue weighted by atomic mass is 16.5. The first-order valence-corrected chi connectivity index (χ1v) is 7.99. The minimum Gasteiger partial charge on any atom is -0.494 e. The molecule has 0 radical (unpaired) electrons. The molecule has 0 amide bonds. The molecule has 0 saturated carbocycles. The van der Waals surface area contributed by atoms with Crippen molar-refractivity contribution < 1.29 is 4.74 Å². The van der Waals surface area contributed by atoms with E-state index in [9.17, 15) is 0 Å². The number of benzene rings is 2. The highest BCUT2D eigenvalue weighted by Crippen LogP contribution is 2.17. The molecular formula is C19H26N2O. The van der Waals surface area contributed by atoms with Crippen molar-refractivity contribution in [1.29, 1.82) is 0 Å². The quantitative estimate of drug-likeness (QED) is 0.662. The third-order valence-electron chi connectivity index (χ3n) is 3.36. The van der Waals surface area contributed by atoms with Crippen LogP contribution in [0, 0.1) is 5.92 Å². The number of hydrogen-bond acceptors (Lipinski definition) is 3. The van der Waals surface area contributed by atoms with Crippen molar-refractivity contribution in [1.82, 2.24) is 0 Å². The first kappa shape index (κ1) is 16.2. The van der Waals surface area contributed by atoms with Gasteiger partial charge in [-0.15, -0.1) is 0 Å². The number of nitrogens with one attached hydrogen (secondary N) is 2. The summed E-state index contributed by atoms with van der Waals surface area (Å²) in [5, 5.41) is 6.79. The van der Waals surface area contributed by atoms with Crippen LogP contribution >= 0.6 is 0 Å². The summed E-state index contributed by atoms with van der Waals surface area (Å²) in [5.41, 5.74) is 2.24. The van der Waals surface area contributed by atoms with Crippen LogP contribution in [0.3, 0.4) is 0 Å². The number of anilines is 2. The minimum atomic E-state index is 0.672. The Kier molecular flexibility index (Phi) is 6.62. The van der Waals surface area contributed by atoms with Crippen LogP contribution in [0.25, 0.3) is 0 Å². The van der Waals surface area contributed by atoms with Gasteiger partial charge < -0.3 is 15.4 Å². The number of para-hydroxylation sites is 1. The Morgan fingerprint density at radius 2 is 1.55 bits per heavy atom. The lowest BCUT2D eigenvalue weighted by molar-refractivity contribution is 0.289. The number of rotatable bonds is 9. The third kappa shape index (κ3) is 6.08. The molecule has 3 heteroatoms. The largest absolute Gasteiger partial charge is 0.494 e. The molecule has 0 atom stereocenters. The van der Waals surface area contributed by atoms with Crippen LogP contribution in [-0.4, -0.2) is 19.7 Å². The molecule has 22 heavy (non-hydrogen) atoms. The van der Waals surface area contributed by atoms with Crippen LogP contribution in [0.15, 0.2) is 54.6 Å². The zero-order valence-electron chi connectivity index (χ0n) is 13.5. The van der Waals surface area contributed by atoms with E-state index in [1.165, 1.54) is 0 Å². The lowest BCUT2D eigenvalue weighted by Gasteiger charge is -2.11. The molecule has 2 aromatic rings. The van der Waals surface area contributed by atoms with E-state index in [4.69, 9.17) is 4.74 Å².